The molecule has 0 aliphatic carbocycles. The fourth-order valence-corrected chi connectivity index (χ4v) is 3.09. The lowest BCUT2D eigenvalue weighted by atomic mass is 10.3. The van der Waals surface area contributed by atoms with Crippen molar-refractivity contribution in [2.45, 2.75) is 9.79 Å². The molecule has 1 rings (SSSR count). The van der Waals surface area contributed by atoms with Gasteiger partial charge >= 0.3 is 0 Å². The fourth-order valence-electron chi connectivity index (χ4n) is 1.08. The molecule has 0 saturated carbocycles. The number of aromatic hydroxyl groups is 1. The second-order valence-electron chi connectivity index (χ2n) is 2.85. The van der Waals surface area contributed by atoms with E-state index in [9.17, 15) is 21.9 Å². The van der Waals surface area contributed by atoms with Crippen LogP contribution >= 0.6 is 21.4 Å². The topological polar surface area (TPSA) is 97.7 Å². The van der Waals surface area contributed by atoms with Crippen LogP contribution in [0.5, 0.6) is 11.5 Å². The van der Waals surface area contributed by atoms with Crippen molar-refractivity contribution < 1.29 is 26.7 Å². The molecule has 17 heavy (non-hydrogen) atoms. The Morgan fingerprint density at radius 1 is 1.06 bits per heavy atom. The van der Waals surface area contributed by atoms with Gasteiger partial charge in [0.05, 0.1) is 7.11 Å². The standard InChI is InChI=1S/C7H6Cl2O6S2/c1-15-5-2-4(10)6(16(8,11)12)3-7(5)17(9,13)14/h2-3,10H,1H3. The summed E-state index contributed by atoms with van der Waals surface area (Å²) in [4.78, 5) is -1.36. The highest BCUT2D eigenvalue weighted by Gasteiger charge is 2.24. The van der Waals surface area contributed by atoms with E-state index in [2.05, 4.69) is 4.74 Å². The second-order valence-corrected chi connectivity index (χ2v) is 7.92. The number of halogens is 2. The van der Waals surface area contributed by atoms with Crippen molar-refractivity contribution in [3.63, 3.8) is 0 Å². The molecule has 0 radical (unpaired) electrons. The van der Waals surface area contributed by atoms with Gasteiger partial charge in [-0.05, 0) is 6.07 Å². The minimum atomic E-state index is -4.30. The normalized spacial score (nSPS) is 12.4. The van der Waals surface area contributed by atoms with Crippen LogP contribution in [0.1, 0.15) is 0 Å². The number of rotatable bonds is 3. The zero-order valence-electron chi connectivity index (χ0n) is 8.22. The Labute approximate surface area is 107 Å². The molecule has 0 spiro atoms. The maximum atomic E-state index is 11.2. The fraction of sp³-hybridized carbons (Fsp3) is 0.143. The van der Waals surface area contributed by atoms with Gasteiger partial charge < -0.3 is 9.84 Å². The Kier molecular flexibility index (Phi) is 3.82. The Morgan fingerprint density at radius 2 is 1.53 bits per heavy atom. The van der Waals surface area contributed by atoms with E-state index in [1.54, 1.807) is 0 Å². The number of hydrogen-bond donors (Lipinski definition) is 1. The van der Waals surface area contributed by atoms with Crippen molar-refractivity contribution in [1.29, 1.82) is 0 Å². The minimum absolute atomic E-state index is 0.290. The number of methoxy groups -OCH3 is 1. The Hall–Kier alpha value is -0.700. The highest BCUT2D eigenvalue weighted by molar-refractivity contribution is 8.14. The first-order valence-electron chi connectivity index (χ1n) is 3.87. The van der Waals surface area contributed by atoms with Gasteiger partial charge in [-0.2, -0.15) is 0 Å². The molecule has 0 aliphatic rings. The molecule has 0 aromatic heterocycles. The lowest BCUT2D eigenvalue weighted by Crippen LogP contribution is -2.00. The maximum absolute atomic E-state index is 11.2. The highest BCUT2D eigenvalue weighted by Crippen LogP contribution is 2.36. The molecule has 1 aromatic carbocycles. The molecule has 0 atom stereocenters. The second kappa shape index (κ2) is 4.52. The molecule has 10 heteroatoms. The zero-order valence-corrected chi connectivity index (χ0v) is 11.4. The quantitative estimate of drug-likeness (QED) is 0.842. The number of benzene rings is 1. The molecular formula is C7H6Cl2O6S2. The summed E-state index contributed by atoms with van der Waals surface area (Å²) >= 11 is 0. The number of phenolic OH excluding ortho intramolecular Hbond substituents is 1. The predicted octanol–water partition coefficient (Wildman–Crippen LogP) is 1.26. The van der Waals surface area contributed by atoms with E-state index in [1.165, 1.54) is 0 Å². The number of hydrogen-bond acceptors (Lipinski definition) is 6. The van der Waals surface area contributed by atoms with Gasteiger partial charge in [0, 0.05) is 27.4 Å². The average Bonchev–Trinajstić information content (AvgIpc) is 2.13. The molecule has 1 aromatic rings. The van der Waals surface area contributed by atoms with Gasteiger partial charge in [-0.3, -0.25) is 0 Å². The van der Waals surface area contributed by atoms with Crippen LogP contribution in [0.25, 0.3) is 0 Å². The molecular weight excluding hydrogens is 315 g/mol. The van der Waals surface area contributed by atoms with Gasteiger partial charge in [0.1, 0.15) is 21.3 Å². The minimum Gasteiger partial charge on any atom is -0.506 e. The monoisotopic (exact) mass is 320 g/mol. The van der Waals surface area contributed by atoms with Gasteiger partial charge in [-0.1, -0.05) is 0 Å². The van der Waals surface area contributed by atoms with E-state index < -0.39 is 33.6 Å². The van der Waals surface area contributed by atoms with Crippen molar-refractivity contribution in [1.82, 2.24) is 0 Å². The molecule has 0 saturated heterocycles. The SMILES string of the molecule is COc1cc(O)c(S(=O)(=O)Cl)cc1S(=O)(=O)Cl. The van der Waals surface area contributed by atoms with Gasteiger partial charge in [0.2, 0.25) is 0 Å². The molecule has 0 bridgehead atoms. The van der Waals surface area contributed by atoms with Crippen LogP contribution < -0.4 is 4.74 Å². The third-order valence-electron chi connectivity index (χ3n) is 1.77. The summed E-state index contributed by atoms with van der Waals surface area (Å²) in [5, 5.41) is 9.37. The molecule has 0 unspecified atom stereocenters. The first-order valence-corrected chi connectivity index (χ1v) is 8.49. The van der Waals surface area contributed by atoms with Crippen LogP contribution in [0, 0.1) is 0 Å². The largest absolute Gasteiger partial charge is 0.506 e. The number of ether oxygens (including phenoxy) is 1. The molecule has 0 heterocycles. The van der Waals surface area contributed by atoms with Crippen molar-refractivity contribution >= 4 is 39.5 Å². The van der Waals surface area contributed by atoms with Crippen LogP contribution in [0.15, 0.2) is 21.9 Å². The molecule has 0 amide bonds. The third-order valence-corrected chi connectivity index (χ3v) is 4.46. The molecule has 96 valence electrons. The first-order chi connectivity index (χ1) is 7.57. The van der Waals surface area contributed by atoms with Crippen LogP contribution in [0.4, 0.5) is 0 Å². The zero-order chi connectivity index (χ0) is 13.4. The van der Waals surface area contributed by atoms with Crippen LogP contribution in [0.3, 0.4) is 0 Å². The third kappa shape index (κ3) is 3.15. The van der Waals surface area contributed by atoms with Gasteiger partial charge in [0.25, 0.3) is 18.1 Å². The van der Waals surface area contributed by atoms with E-state index in [1.807, 2.05) is 0 Å². The van der Waals surface area contributed by atoms with E-state index in [4.69, 9.17) is 21.4 Å². The average molecular weight is 321 g/mol. The summed E-state index contributed by atoms with van der Waals surface area (Å²) in [7, 11) is 2.71. The van der Waals surface area contributed by atoms with E-state index in [0.717, 1.165) is 13.2 Å². The summed E-state index contributed by atoms with van der Waals surface area (Å²) in [5.41, 5.74) is 0. The predicted molar refractivity (Wildman–Crippen MR) is 60.7 cm³/mol. The van der Waals surface area contributed by atoms with Crippen LogP contribution in [-0.4, -0.2) is 29.1 Å². The van der Waals surface area contributed by atoms with Crippen molar-refractivity contribution in [3.05, 3.63) is 12.1 Å². The molecule has 6 nitrogen and oxygen atoms in total. The van der Waals surface area contributed by atoms with Gasteiger partial charge in [0.15, 0.2) is 0 Å². The summed E-state index contributed by atoms with van der Waals surface area (Å²) in [6, 6.07) is 1.42. The summed E-state index contributed by atoms with van der Waals surface area (Å²) in [6.45, 7) is 0. The Balaban J connectivity index is 3.73. The van der Waals surface area contributed by atoms with Crippen molar-refractivity contribution in [3.8, 4) is 11.5 Å². The summed E-state index contributed by atoms with van der Waals surface area (Å²) < 4.78 is 49.1. The number of phenols is 1. The molecule has 0 fully saturated rings. The van der Waals surface area contributed by atoms with E-state index in [-0.39, 0.29) is 5.75 Å². The lowest BCUT2D eigenvalue weighted by molar-refractivity contribution is 0.393. The van der Waals surface area contributed by atoms with Gasteiger partial charge in [-0.15, -0.1) is 0 Å². The van der Waals surface area contributed by atoms with E-state index >= 15 is 0 Å². The van der Waals surface area contributed by atoms with Crippen molar-refractivity contribution in [2.24, 2.45) is 0 Å². The van der Waals surface area contributed by atoms with Crippen molar-refractivity contribution in [2.75, 3.05) is 7.11 Å². The van der Waals surface area contributed by atoms with Crippen LogP contribution in [-0.2, 0) is 18.1 Å². The Bertz CT molecular complexity index is 649. The molecule has 1 N–H and O–H groups in total. The lowest BCUT2D eigenvalue weighted by Gasteiger charge is -2.08. The molecule has 0 aliphatic heterocycles. The summed E-state index contributed by atoms with van der Waals surface area (Å²) in [5.74, 6) is -1.03. The van der Waals surface area contributed by atoms with Gasteiger partial charge in [-0.25, -0.2) is 16.8 Å². The summed E-state index contributed by atoms with van der Waals surface area (Å²) in [6.07, 6.45) is 0. The van der Waals surface area contributed by atoms with Crippen LogP contribution in [0.2, 0.25) is 0 Å². The Morgan fingerprint density at radius 3 is 1.88 bits per heavy atom. The highest BCUT2D eigenvalue weighted by atomic mass is 35.7. The van der Waals surface area contributed by atoms with E-state index in [0.29, 0.717) is 6.07 Å². The first kappa shape index (κ1) is 14.4. The smallest absolute Gasteiger partial charge is 0.265 e. The maximum Gasteiger partial charge on any atom is 0.265 e.